The first-order valence-electron chi connectivity index (χ1n) is 6.33. The molecule has 0 aliphatic heterocycles. The van der Waals surface area contributed by atoms with Crippen LogP contribution in [-0.2, 0) is 6.42 Å². The van der Waals surface area contributed by atoms with E-state index in [1.807, 2.05) is 13.0 Å². The number of thiophene rings is 1. The summed E-state index contributed by atoms with van der Waals surface area (Å²) < 4.78 is 0.840. The summed E-state index contributed by atoms with van der Waals surface area (Å²) in [6, 6.07) is 10.6. The van der Waals surface area contributed by atoms with Gasteiger partial charge in [0.25, 0.3) is 0 Å². The van der Waals surface area contributed by atoms with E-state index in [9.17, 15) is 0 Å². The van der Waals surface area contributed by atoms with Crippen molar-refractivity contribution in [3.05, 3.63) is 55.7 Å². The highest BCUT2D eigenvalue weighted by atomic mass is 35.5. The molecule has 4 heteroatoms. The van der Waals surface area contributed by atoms with E-state index < -0.39 is 0 Å². The lowest BCUT2D eigenvalue weighted by atomic mass is 10.0. The van der Waals surface area contributed by atoms with Crippen LogP contribution in [-0.4, -0.2) is 6.54 Å². The number of likely N-dealkylation sites (N-methyl/N-ethyl adjacent to an activating group) is 1. The van der Waals surface area contributed by atoms with Crippen molar-refractivity contribution < 1.29 is 0 Å². The quantitative estimate of drug-likeness (QED) is 0.794. The molecule has 0 amide bonds. The summed E-state index contributed by atoms with van der Waals surface area (Å²) in [5.74, 6) is 0. The third-order valence-corrected chi connectivity index (χ3v) is 4.74. The minimum atomic E-state index is 0.276. The first-order valence-corrected chi connectivity index (χ1v) is 7.91. The molecule has 1 atom stereocenters. The number of hydrogen-bond acceptors (Lipinski definition) is 2. The van der Waals surface area contributed by atoms with Crippen LogP contribution < -0.4 is 5.32 Å². The zero-order valence-electron chi connectivity index (χ0n) is 11.0. The third-order valence-electron chi connectivity index (χ3n) is 3.08. The maximum atomic E-state index is 6.22. The van der Waals surface area contributed by atoms with Gasteiger partial charge in [0.2, 0.25) is 0 Å². The van der Waals surface area contributed by atoms with Gasteiger partial charge in [-0.05, 0) is 42.8 Å². The van der Waals surface area contributed by atoms with Gasteiger partial charge in [-0.1, -0.05) is 42.3 Å². The number of nitrogens with one attached hydrogen (secondary N) is 1. The highest BCUT2D eigenvalue weighted by Gasteiger charge is 2.13. The Morgan fingerprint density at radius 2 is 2.00 bits per heavy atom. The fraction of sp³-hybridized carbons (Fsp3) is 0.333. The van der Waals surface area contributed by atoms with Gasteiger partial charge in [-0.25, -0.2) is 0 Å². The standard InChI is InChI=1S/C15H17Cl2NS/c1-3-18-14(9-12-6-7-15(17)19-12)11-5-4-10(2)13(16)8-11/h4-8,14,18H,3,9H2,1-2H3. The van der Waals surface area contributed by atoms with Crippen molar-refractivity contribution in [2.45, 2.75) is 26.3 Å². The molecule has 102 valence electrons. The molecular weight excluding hydrogens is 297 g/mol. The van der Waals surface area contributed by atoms with E-state index in [-0.39, 0.29) is 6.04 Å². The second kappa shape index (κ2) is 6.76. The molecule has 1 aromatic carbocycles. The summed E-state index contributed by atoms with van der Waals surface area (Å²) in [5.41, 5.74) is 2.34. The summed E-state index contributed by atoms with van der Waals surface area (Å²) in [4.78, 5) is 1.28. The van der Waals surface area contributed by atoms with Crippen molar-refractivity contribution in [3.63, 3.8) is 0 Å². The van der Waals surface area contributed by atoms with Crippen LogP contribution in [0.25, 0.3) is 0 Å². The van der Waals surface area contributed by atoms with Crippen LogP contribution in [0.15, 0.2) is 30.3 Å². The Morgan fingerprint density at radius 3 is 2.58 bits per heavy atom. The van der Waals surface area contributed by atoms with E-state index in [0.29, 0.717) is 0 Å². The predicted molar refractivity (Wildman–Crippen MR) is 85.6 cm³/mol. The van der Waals surface area contributed by atoms with Gasteiger partial charge in [-0.15, -0.1) is 11.3 Å². The smallest absolute Gasteiger partial charge is 0.0931 e. The molecule has 0 aliphatic rings. The number of rotatable bonds is 5. The Hall–Kier alpha value is -0.540. The zero-order valence-corrected chi connectivity index (χ0v) is 13.4. The molecule has 1 heterocycles. The lowest BCUT2D eigenvalue weighted by Gasteiger charge is -2.18. The fourth-order valence-electron chi connectivity index (χ4n) is 2.04. The van der Waals surface area contributed by atoms with Crippen molar-refractivity contribution in [2.75, 3.05) is 6.54 Å². The van der Waals surface area contributed by atoms with E-state index in [4.69, 9.17) is 23.2 Å². The molecule has 2 aromatic rings. The van der Waals surface area contributed by atoms with Gasteiger partial charge in [0.05, 0.1) is 4.34 Å². The maximum absolute atomic E-state index is 6.22. The van der Waals surface area contributed by atoms with Gasteiger partial charge in [0.15, 0.2) is 0 Å². The van der Waals surface area contributed by atoms with Crippen LogP contribution in [0.1, 0.15) is 29.0 Å². The SMILES string of the molecule is CCNC(Cc1ccc(Cl)s1)c1ccc(C)c(Cl)c1. The van der Waals surface area contributed by atoms with Crippen molar-refractivity contribution >= 4 is 34.5 Å². The van der Waals surface area contributed by atoms with E-state index in [1.165, 1.54) is 10.4 Å². The van der Waals surface area contributed by atoms with Crippen molar-refractivity contribution in [1.82, 2.24) is 5.32 Å². The van der Waals surface area contributed by atoms with Crippen LogP contribution >= 0.6 is 34.5 Å². The molecule has 0 bridgehead atoms. The number of benzene rings is 1. The average molecular weight is 314 g/mol. The Kier molecular flexibility index (Phi) is 5.28. The van der Waals surface area contributed by atoms with Crippen molar-refractivity contribution in [3.8, 4) is 0 Å². The predicted octanol–water partition coefficient (Wildman–Crippen LogP) is 5.26. The van der Waals surface area contributed by atoms with Gasteiger partial charge in [-0.3, -0.25) is 0 Å². The Labute approximate surface area is 128 Å². The van der Waals surface area contributed by atoms with Crippen LogP contribution in [0, 0.1) is 6.92 Å². The van der Waals surface area contributed by atoms with Gasteiger partial charge in [0, 0.05) is 22.4 Å². The molecule has 1 N–H and O–H groups in total. The largest absolute Gasteiger partial charge is 0.310 e. The Bertz CT molecular complexity index is 551. The molecule has 0 aliphatic carbocycles. The molecule has 0 saturated carbocycles. The topological polar surface area (TPSA) is 12.0 Å². The van der Waals surface area contributed by atoms with Crippen LogP contribution in [0.5, 0.6) is 0 Å². The van der Waals surface area contributed by atoms with E-state index in [0.717, 1.165) is 27.9 Å². The average Bonchev–Trinajstić information content (AvgIpc) is 2.78. The van der Waals surface area contributed by atoms with E-state index in [1.54, 1.807) is 11.3 Å². The molecule has 19 heavy (non-hydrogen) atoms. The number of halogens is 2. The summed E-state index contributed by atoms with van der Waals surface area (Å²) >= 11 is 13.8. The van der Waals surface area contributed by atoms with Crippen LogP contribution in [0.4, 0.5) is 0 Å². The molecule has 0 fully saturated rings. The van der Waals surface area contributed by atoms with Gasteiger partial charge < -0.3 is 5.32 Å². The molecule has 1 unspecified atom stereocenters. The van der Waals surface area contributed by atoms with E-state index >= 15 is 0 Å². The molecule has 0 saturated heterocycles. The fourth-order valence-corrected chi connectivity index (χ4v) is 3.36. The first-order chi connectivity index (χ1) is 9.10. The summed E-state index contributed by atoms with van der Waals surface area (Å²) in [5, 5.41) is 4.33. The van der Waals surface area contributed by atoms with Crippen LogP contribution in [0.2, 0.25) is 9.36 Å². The van der Waals surface area contributed by atoms with Gasteiger partial charge in [0.1, 0.15) is 0 Å². The second-order valence-electron chi connectivity index (χ2n) is 4.53. The van der Waals surface area contributed by atoms with Crippen LogP contribution in [0.3, 0.4) is 0 Å². The molecule has 1 nitrogen and oxygen atoms in total. The molecule has 0 radical (unpaired) electrons. The molecule has 1 aromatic heterocycles. The normalized spacial score (nSPS) is 12.6. The molecule has 0 spiro atoms. The zero-order chi connectivity index (χ0) is 13.8. The minimum absolute atomic E-state index is 0.276. The Balaban J connectivity index is 2.21. The monoisotopic (exact) mass is 313 g/mol. The minimum Gasteiger partial charge on any atom is -0.310 e. The summed E-state index contributed by atoms with van der Waals surface area (Å²) in [6.07, 6.45) is 0.935. The number of aryl methyl sites for hydroxylation is 1. The molecular formula is C15H17Cl2NS. The second-order valence-corrected chi connectivity index (χ2v) is 6.74. The lowest BCUT2D eigenvalue weighted by molar-refractivity contribution is 0.553. The highest BCUT2D eigenvalue weighted by molar-refractivity contribution is 7.16. The number of hydrogen-bond donors (Lipinski definition) is 1. The summed E-state index contributed by atoms with van der Waals surface area (Å²) in [7, 11) is 0. The molecule has 2 rings (SSSR count). The van der Waals surface area contributed by atoms with Crippen molar-refractivity contribution in [2.24, 2.45) is 0 Å². The van der Waals surface area contributed by atoms with E-state index in [2.05, 4.69) is 36.5 Å². The lowest BCUT2D eigenvalue weighted by Crippen LogP contribution is -2.22. The van der Waals surface area contributed by atoms with Gasteiger partial charge in [-0.2, -0.15) is 0 Å². The van der Waals surface area contributed by atoms with Crippen molar-refractivity contribution in [1.29, 1.82) is 0 Å². The highest BCUT2D eigenvalue weighted by Crippen LogP contribution is 2.28. The summed E-state index contributed by atoms with van der Waals surface area (Å²) in [6.45, 7) is 5.06. The van der Waals surface area contributed by atoms with Gasteiger partial charge >= 0.3 is 0 Å². The maximum Gasteiger partial charge on any atom is 0.0931 e. The third kappa shape index (κ3) is 3.96. The first kappa shape index (κ1) is 14.9. The Morgan fingerprint density at radius 1 is 1.21 bits per heavy atom.